The molecule has 19 heavy (non-hydrogen) atoms. The Morgan fingerprint density at radius 1 is 0.842 bits per heavy atom. The van der Waals surface area contributed by atoms with Gasteiger partial charge in [0, 0.05) is 22.2 Å². The number of fused-ring (bicyclic) bond motifs is 3. The Balaban J connectivity index is 2.49. The van der Waals surface area contributed by atoms with Gasteiger partial charge in [-0.05, 0) is 37.1 Å². The SMILES string of the molecule is Cc1cccc2c1-n1c(C)ccc1C(C)(C)C2(C)C. The molecule has 2 heterocycles. The molecule has 3 rings (SSSR count). The van der Waals surface area contributed by atoms with Crippen LogP contribution in [0.2, 0.25) is 0 Å². The van der Waals surface area contributed by atoms with E-state index in [2.05, 4.69) is 76.4 Å². The van der Waals surface area contributed by atoms with E-state index in [4.69, 9.17) is 0 Å². The van der Waals surface area contributed by atoms with Crippen molar-refractivity contribution in [3.63, 3.8) is 0 Å². The molecule has 0 N–H and O–H groups in total. The van der Waals surface area contributed by atoms with Gasteiger partial charge < -0.3 is 4.57 Å². The fraction of sp³-hybridized carbons (Fsp3) is 0.444. The summed E-state index contributed by atoms with van der Waals surface area (Å²) >= 11 is 0. The zero-order valence-electron chi connectivity index (χ0n) is 12.8. The van der Waals surface area contributed by atoms with Crippen LogP contribution in [0, 0.1) is 13.8 Å². The number of nitrogens with zero attached hydrogens (tertiary/aromatic N) is 1. The highest BCUT2D eigenvalue weighted by Crippen LogP contribution is 2.51. The molecule has 2 aromatic rings. The van der Waals surface area contributed by atoms with Gasteiger partial charge in [0.05, 0.1) is 5.69 Å². The maximum Gasteiger partial charge on any atom is 0.0522 e. The van der Waals surface area contributed by atoms with Crippen LogP contribution in [-0.2, 0) is 10.8 Å². The van der Waals surface area contributed by atoms with Crippen LogP contribution in [0.3, 0.4) is 0 Å². The maximum absolute atomic E-state index is 2.45. The Hall–Kier alpha value is -1.50. The summed E-state index contributed by atoms with van der Waals surface area (Å²) in [6, 6.07) is 11.2. The van der Waals surface area contributed by atoms with Crippen LogP contribution < -0.4 is 0 Å². The minimum absolute atomic E-state index is 0.127. The van der Waals surface area contributed by atoms with Gasteiger partial charge in [0.25, 0.3) is 0 Å². The number of benzene rings is 1. The van der Waals surface area contributed by atoms with Crippen LogP contribution >= 0.6 is 0 Å². The van der Waals surface area contributed by atoms with E-state index in [0.717, 1.165) is 0 Å². The number of hydrogen-bond acceptors (Lipinski definition) is 0. The molecule has 1 aliphatic heterocycles. The van der Waals surface area contributed by atoms with Gasteiger partial charge in [-0.25, -0.2) is 0 Å². The van der Waals surface area contributed by atoms with Gasteiger partial charge in [0.2, 0.25) is 0 Å². The average molecular weight is 253 g/mol. The second-order valence-electron chi connectivity index (χ2n) is 6.92. The first-order valence-electron chi connectivity index (χ1n) is 7.08. The lowest BCUT2D eigenvalue weighted by molar-refractivity contribution is 0.278. The van der Waals surface area contributed by atoms with Crippen LogP contribution in [0.4, 0.5) is 0 Å². The highest BCUT2D eigenvalue weighted by atomic mass is 15.0. The van der Waals surface area contributed by atoms with Gasteiger partial charge in [-0.15, -0.1) is 0 Å². The minimum atomic E-state index is 0.127. The van der Waals surface area contributed by atoms with Crippen molar-refractivity contribution in [3.05, 3.63) is 52.8 Å². The van der Waals surface area contributed by atoms with E-state index in [0.29, 0.717) is 0 Å². The average Bonchev–Trinajstić information content (AvgIpc) is 2.70. The summed E-state index contributed by atoms with van der Waals surface area (Å²) in [5.41, 5.74) is 7.23. The second-order valence-corrected chi connectivity index (χ2v) is 6.92. The molecule has 0 spiro atoms. The molecule has 0 saturated heterocycles. The Morgan fingerprint density at radius 2 is 1.53 bits per heavy atom. The standard InChI is InChI=1S/C18H23N/c1-12-8-7-9-14-16(12)19-13(2)10-11-15(19)18(5,6)17(14,3)4/h7-11H,1-6H3. The highest BCUT2D eigenvalue weighted by Gasteiger charge is 2.46. The Bertz CT molecular complexity index is 656. The van der Waals surface area contributed by atoms with E-state index < -0.39 is 0 Å². The quantitative estimate of drug-likeness (QED) is 0.643. The van der Waals surface area contributed by atoms with E-state index >= 15 is 0 Å². The molecule has 0 fully saturated rings. The number of hydrogen-bond donors (Lipinski definition) is 0. The van der Waals surface area contributed by atoms with E-state index in [9.17, 15) is 0 Å². The van der Waals surface area contributed by atoms with E-state index in [1.165, 1.54) is 28.2 Å². The first-order chi connectivity index (χ1) is 8.78. The lowest BCUT2D eigenvalue weighted by atomic mass is 9.60. The molecule has 0 unspecified atom stereocenters. The van der Waals surface area contributed by atoms with Crippen molar-refractivity contribution in [2.24, 2.45) is 0 Å². The van der Waals surface area contributed by atoms with E-state index in [1.54, 1.807) is 0 Å². The molecule has 1 aromatic heterocycles. The van der Waals surface area contributed by atoms with Crippen LogP contribution in [0.1, 0.15) is 50.2 Å². The first-order valence-corrected chi connectivity index (χ1v) is 7.08. The third kappa shape index (κ3) is 1.36. The third-order valence-corrected chi connectivity index (χ3v) is 5.41. The van der Waals surface area contributed by atoms with Crippen molar-refractivity contribution in [1.82, 2.24) is 4.57 Å². The van der Waals surface area contributed by atoms with Crippen LogP contribution in [0.15, 0.2) is 30.3 Å². The van der Waals surface area contributed by atoms with Crippen molar-refractivity contribution >= 4 is 0 Å². The minimum Gasteiger partial charge on any atom is -0.317 e. The van der Waals surface area contributed by atoms with Gasteiger partial charge in [-0.3, -0.25) is 0 Å². The predicted octanol–water partition coefficient (Wildman–Crippen LogP) is 4.66. The van der Waals surface area contributed by atoms with Crippen LogP contribution in [0.25, 0.3) is 5.69 Å². The molecule has 1 aromatic carbocycles. The fourth-order valence-corrected chi connectivity index (χ4v) is 3.44. The van der Waals surface area contributed by atoms with Gasteiger partial charge in [0.15, 0.2) is 0 Å². The summed E-state index contributed by atoms with van der Waals surface area (Å²) in [6.07, 6.45) is 0. The number of aromatic nitrogens is 1. The maximum atomic E-state index is 2.45. The number of rotatable bonds is 0. The van der Waals surface area contributed by atoms with Gasteiger partial charge in [-0.1, -0.05) is 45.9 Å². The molecular formula is C18H23N. The largest absolute Gasteiger partial charge is 0.317 e. The fourth-order valence-electron chi connectivity index (χ4n) is 3.44. The molecule has 0 bridgehead atoms. The molecular weight excluding hydrogens is 230 g/mol. The number of aryl methyl sites for hydroxylation is 2. The highest BCUT2D eigenvalue weighted by molar-refractivity contribution is 5.59. The predicted molar refractivity (Wildman–Crippen MR) is 81.3 cm³/mol. The molecule has 1 heteroatoms. The van der Waals surface area contributed by atoms with Gasteiger partial charge >= 0.3 is 0 Å². The molecule has 0 saturated carbocycles. The Labute approximate surface area is 116 Å². The molecule has 0 amide bonds. The van der Waals surface area contributed by atoms with Crippen LogP contribution in [-0.4, -0.2) is 4.57 Å². The summed E-state index contributed by atoms with van der Waals surface area (Å²) in [5.74, 6) is 0. The van der Waals surface area contributed by atoms with Crippen molar-refractivity contribution in [1.29, 1.82) is 0 Å². The normalized spacial score (nSPS) is 18.8. The zero-order chi connectivity index (χ0) is 14.0. The van der Waals surface area contributed by atoms with E-state index in [-0.39, 0.29) is 10.8 Å². The Morgan fingerprint density at radius 3 is 2.21 bits per heavy atom. The zero-order valence-corrected chi connectivity index (χ0v) is 12.8. The van der Waals surface area contributed by atoms with Crippen molar-refractivity contribution in [2.45, 2.75) is 52.4 Å². The third-order valence-electron chi connectivity index (χ3n) is 5.41. The second kappa shape index (κ2) is 3.53. The topological polar surface area (TPSA) is 4.93 Å². The molecule has 1 aliphatic rings. The molecule has 0 atom stereocenters. The number of para-hydroxylation sites is 1. The van der Waals surface area contributed by atoms with E-state index in [1.807, 2.05) is 0 Å². The van der Waals surface area contributed by atoms with Crippen molar-refractivity contribution in [3.8, 4) is 5.69 Å². The van der Waals surface area contributed by atoms with Crippen LogP contribution in [0.5, 0.6) is 0 Å². The molecule has 0 aliphatic carbocycles. The molecule has 1 nitrogen and oxygen atoms in total. The molecule has 100 valence electrons. The van der Waals surface area contributed by atoms with Gasteiger partial charge in [0.1, 0.15) is 0 Å². The summed E-state index contributed by atoms with van der Waals surface area (Å²) < 4.78 is 2.45. The Kier molecular flexibility index (Phi) is 2.33. The first kappa shape index (κ1) is 12.5. The smallest absolute Gasteiger partial charge is 0.0522 e. The van der Waals surface area contributed by atoms with Gasteiger partial charge in [-0.2, -0.15) is 0 Å². The summed E-state index contributed by atoms with van der Waals surface area (Å²) in [5, 5.41) is 0. The molecule has 0 radical (unpaired) electrons. The van der Waals surface area contributed by atoms with Crippen molar-refractivity contribution in [2.75, 3.05) is 0 Å². The lowest BCUT2D eigenvalue weighted by Crippen LogP contribution is -2.45. The summed E-state index contributed by atoms with van der Waals surface area (Å²) in [6.45, 7) is 13.9. The summed E-state index contributed by atoms with van der Waals surface area (Å²) in [7, 11) is 0. The summed E-state index contributed by atoms with van der Waals surface area (Å²) in [4.78, 5) is 0. The van der Waals surface area contributed by atoms with Crippen molar-refractivity contribution < 1.29 is 0 Å². The lowest BCUT2D eigenvalue weighted by Gasteiger charge is -2.48. The monoisotopic (exact) mass is 253 g/mol.